The van der Waals surface area contributed by atoms with E-state index in [1.165, 1.54) is 0 Å². The highest BCUT2D eigenvalue weighted by molar-refractivity contribution is 5.92. The molecule has 0 spiro atoms. The molecular weight excluding hydrogens is 174 g/mol. The van der Waals surface area contributed by atoms with E-state index in [0.29, 0.717) is 11.7 Å². The van der Waals surface area contributed by atoms with Crippen LogP contribution in [0.2, 0.25) is 0 Å². The summed E-state index contributed by atoms with van der Waals surface area (Å²) in [5.74, 6) is 0.873. The third-order valence-corrected chi connectivity index (χ3v) is 2.29. The molecule has 0 amide bonds. The Morgan fingerprint density at radius 2 is 1.71 bits per heavy atom. The zero-order chi connectivity index (χ0) is 10.1. The van der Waals surface area contributed by atoms with Crippen molar-refractivity contribution < 1.29 is 0 Å². The second kappa shape index (κ2) is 3.25. The molecule has 3 heteroatoms. The summed E-state index contributed by atoms with van der Waals surface area (Å²) in [7, 11) is 0. The van der Waals surface area contributed by atoms with Crippen molar-refractivity contribution in [3.63, 3.8) is 0 Å². The fourth-order valence-electron chi connectivity index (χ4n) is 1.57. The lowest BCUT2D eigenvalue weighted by atomic mass is 10.0. The van der Waals surface area contributed by atoms with Gasteiger partial charge in [0.1, 0.15) is 0 Å². The SMILES string of the molecule is CC(C)c1nnc(N)c2ccccc12. The Hall–Kier alpha value is -1.64. The van der Waals surface area contributed by atoms with E-state index in [1.54, 1.807) is 0 Å². The van der Waals surface area contributed by atoms with Crippen molar-refractivity contribution in [3.05, 3.63) is 30.0 Å². The van der Waals surface area contributed by atoms with E-state index in [2.05, 4.69) is 24.0 Å². The molecule has 0 aliphatic heterocycles. The highest BCUT2D eigenvalue weighted by Gasteiger charge is 2.08. The van der Waals surface area contributed by atoms with Gasteiger partial charge in [-0.05, 0) is 5.92 Å². The largest absolute Gasteiger partial charge is 0.382 e. The van der Waals surface area contributed by atoms with E-state index in [-0.39, 0.29) is 0 Å². The summed E-state index contributed by atoms with van der Waals surface area (Å²) in [6, 6.07) is 7.97. The van der Waals surface area contributed by atoms with Gasteiger partial charge in [0.25, 0.3) is 0 Å². The maximum absolute atomic E-state index is 5.75. The van der Waals surface area contributed by atoms with Crippen LogP contribution >= 0.6 is 0 Å². The Morgan fingerprint density at radius 3 is 2.36 bits per heavy atom. The van der Waals surface area contributed by atoms with Gasteiger partial charge in [-0.1, -0.05) is 38.1 Å². The number of nitrogens with zero attached hydrogens (tertiary/aromatic N) is 2. The lowest BCUT2D eigenvalue weighted by molar-refractivity contribution is 0.801. The number of fused-ring (bicyclic) bond motifs is 1. The highest BCUT2D eigenvalue weighted by atomic mass is 15.1. The summed E-state index contributed by atoms with van der Waals surface area (Å²) in [5.41, 5.74) is 6.76. The summed E-state index contributed by atoms with van der Waals surface area (Å²) in [6.07, 6.45) is 0. The normalized spacial score (nSPS) is 11.1. The molecule has 1 aromatic carbocycles. The van der Waals surface area contributed by atoms with Gasteiger partial charge in [0.15, 0.2) is 5.82 Å². The lowest BCUT2D eigenvalue weighted by Gasteiger charge is -2.08. The van der Waals surface area contributed by atoms with Crippen LogP contribution in [-0.2, 0) is 0 Å². The standard InChI is InChI=1S/C11H13N3/c1-7(2)10-8-5-3-4-6-9(8)11(12)14-13-10/h3-7H,1-2H3,(H2,12,14). The average molecular weight is 187 g/mol. The third kappa shape index (κ3) is 1.31. The number of hydrogen-bond acceptors (Lipinski definition) is 3. The molecular formula is C11H13N3. The number of hydrogen-bond donors (Lipinski definition) is 1. The van der Waals surface area contributed by atoms with Gasteiger partial charge in [-0.3, -0.25) is 0 Å². The van der Waals surface area contributed by atoms with Crippen LogP contribution < -0.4 is 5.73 Å². The Morgan fingerprint density at radius 1 is 1.07 bits per heavy atom. The number of nitrogens with two attached hydrogens (primary N) is 1. The van der Waals surface area contributed by atoms with E-state index >= 15 is 0 Å². The van der Waals surface area contributed by atoms with Crippen molar-refractivity contribution in [3.8, 4) is 0 Å². The minimum Gasteiger partial charge on any atom is -0.382 e. The number of benzene rings is 1. The van der Waals surface area contributed by atoms with E-state index < -0.39 is 0 Å². The van der Waals surface area contributed by atoms with Crippen LogP contribution in [0, 0.1) is 0 Å². The van der Waals surface area contributed by atoms with Crippen molar-refractivity contribution in [1.29, 1.82) is 0 Å². The molecule has 0 aliphatic rings. The Labute approximate surface area is 83.0 Å². The Balaban J connectivity index is 2.82. The van der Waals surface area contributed by atoms with Gasteiger partial charge < -0.3 is 5.73 Å². The molecule has 0 atom stereocenters. The van der Waals surface area contributed by atoms with Gasteiger partial charge in [-0.25, -0.2) is 0 Å². The molecule has 2 rings (SSSR count). The van der Waals surface area contributed by atoms with Crippen molar-refractivity contribution in [2.45, 2.75) is 19.8 Å². The summed E-state index contributed by atoms with van der Waals surface area (Å²) in [4.78, 5) is 0. The quantitative estimate of drug-likeness (QED) is 0.745. The van der Waals surface area contributed by atoms with Gasteiger partial charge in [0, 0.05) is 10.8 Å². The van der Waals surface area contributed by atoms with Gasteiger partial charge in [0.05, 0.1) is 5.69 Å². The molecule has 1 aromatic heterocycles. The first-order valence-electron chi connectivity index (χ1n) is 4.71. The fraction of sp³-hybridized carbons (Fsp3) is 0.273. The van der Waals surface area contributed by atoms with Crippen LogP contribution in [0.4, 0.5) is 5.82 Å². The van der Waals surface area contributed by atoms with Crippen molar-refractivity contribution in [2.75, 3.05) is 5.73 Å². The smallest absolute Gasteiger partial charge is 0.153 e. The van der Waals surface area contributed by atoms with E-state index in [0.717, 1.165) is 16.5 Å². The van der Waals surface area contributed by atoms with Crippen LogP contribution in [0.1, 0.15) is 25.5 Å². The first kappa shape index (κ1) is 8.94. The predicted octanol–water partition coefficient (Wildman–Crippen LogP) is 2.34. The van der Waals surface area contributed by atoms with Crippen molar-refractivity contribution >= 4 is 16.6 Å². The Kier molecular flexibility index (Phi) is 2.08. The molecule has 0 fully saturated rings. The van der Waals surface area contributed by atoms with Gasteiger partial charge in [0.2, 0.25) is 0 Å². The maximum Gasteiger partial charge on any atom is 0.153 e. The maximum atomic E-state index is 5.75. The van der Waals surface area contributed by atoms with Crippen LogP contribution in [0.15, 0.2) is 24.3 Å². The molecule has 0 bridgehead atoms. The van der Waals surface area contributed by atoms with Crippen LogP contribution in [0.3, 0.4) is 0 Å². The zero-order valence-electron chi connectivity index (χ0n) is 8.36. The average Bonchev–Trinajstić information content (AvgIpc) is 2.18. The molecule has 0 unspecified atom stereocenters. The molecule has 0 saturated heterocycles. The molecule has 14 heavy (non-hydrogen) atoms. The van der Waals surface area contributed by atoms with Gasteiger partial charge in [-0.15, -0.1) is 5.10 Å². The third-order valence-electron chi connectivity index (χ3n) is 2.29. The van der Waals surface area contributed by atoms with Gasteiger partial charge >= 0.3 is 0 Å². The summed E-state index contributed by atoms with van der Waals surface area (Å²) >= 11 is 0. The van der Waals surface area contributed by atoms with Crippen LogP contribution in [-0.4, -0.2) is 10.2 Å². The Bertz CT molecular complexity index is 463. The number of nitrogen functional groups attached to an aromatic ring is 1. The first-order chi connectivity index (χ1) is 6.70. The first-order valence-corrected chi connectivity index (χ1v) is 4.71. The zero-order valence-corrected chi connectivity index (χ0v) is 8.36. The van der Waals surface area contributed by atoms with E-state index in [1.807, 2.05) is 24.3 Å². The molecule has 2 N–H and O–H groups in total. The van der Waals surface area contributed by atoms with E-state index in [4.69, 9.17) is 5.73 Å². The summed E-state index contributed by atoms with van der Waals surface area (Å²) < 4.78 is 0. The fourth-order valence-corrected chi connectivity index (χ4v) is 1.57. The molecule has 3 nitrogen and oxygen atoms in total. The topological polar surface area (TPSA) is 51.8 Å². The minimum atomic E-state index is 0.369. The number of anilines is 1. The molecule has 0 radical (unpaired) electrons. The number of aromatic nitrogens is 2. The molecule has 2 aromatic rings. The second-order valence-corrected chi connectivity index (χ2v) is 3.67. The van der Waals surface area contributed by atoms with Crippen molar-refractivity contribution in [1.82, 2.24) is 10.2 Å². The highest BCUT2D eigenvalue weighted by Crippen LogP contribution is 2.25. The molecule has 72 valence electrons. The summed E-state index contributed by atoms with van der Waals surface area (Å²) in [6.45, 7) is 4.21. The molecule has 1 heterocycles. The van der Waals surface area contributed by atoms with E-state index in [9.17, 15) is 0 Å². The molecule has 0 aliphatic carbocycles. The van der Waals surface area contributed by atoms with Crippen LogP contribution in [0.25, 0.3) is 10.8 Å². The predicted molar refractivity (Wildman–Crippen MR) is 58.0 cm³/mol. The lowest BCUT2D eigenvalue weighted by Crippen LogP contribution is -2.01. The minimum absolute atomic E-state index is 0.369. The number of rotatable bonds is 1. The molecule has 0 saturated carbocycles. The van der Waals surface area contributed by atoms with Crippen molar-refractivity contribution in [2.24, 2.45) is 0 Å². The van der Waals surface area contributed by atoms with Gasteiger partial charge in [-0.2, -0.15) is 5.10 Å². The van der Waals surface area contributed by atoms with Crippen LogP contribution in [0.5, 0.6) is 0 Å². The summed E-state index contributed by atoms with van der Waals surface area (Å²) in [5, 5.41) is 10.2. The second-order valence-electron chi connectivity index (χ2n) is 3.67. The monoisotopic (exact) mass is 187 g/mol.